The van der Waals surface area contributed by atoms with E-state index in [0.29, 0.717) is 24.7 Å². The Morgan fingerprint density at radius 2 is 1.97 bits per heavy atom. The molecule has 2 aliphatic rings. The van der Waals surface area contributed by atoms with Crippen molar-refractivity contribution in [2.75, 3.05) is 18.1 Å². The van der Waals surface area contributed by atoms with Gasteiger partial charge in [0.15, 0.2) is 0 Å². The van der Waals surface area contributed by atoms with Crippen LogP contribution < -0.4 is 9.64 Å². The molecule has 0 spiro atoms. The number of amides is 1. The molecule has 3 aromatic rings. The molecule has 1 aromatic heterocycles. The molecule has 2 aromatic carbocycles. The van der Waals surface area contributed by atoms with E-state index in [2.05, 4.69) is 35.3 Å². The highest BCUT2D eigenvalue weighted by molar-refractivity contribution is 5.97. The van der Waals surface area contributed by atoms with Crippen molar-refractivity contribution in [1.82, 2.24) is 10.1 Å². The molecule has 1 saturated heterocycles. The molecular formula is C26H29N3O3. The number of aryl methyl sites for hydroxylation is 1. The minimum atomic E-state index is -0.0835. The predicted octanol–water partition coefficient (Wildman–Crippen LogP) is 5.31. The minimum Gasteiger partial charge on any atom is -0.494 e. The van der Waals surface area contributed by atoms with Gasteiger partial charge in [0.25, 0.3) is 0 Å². The van der Waals surface area contributed by atoms with Crippen LogP contribution in [-0.4, -0.2) is 29.2 Å². The average Bonchev–Trinajstić information content (AvgIpc) is 3.46. The standard InChI is InChI=1S/C26H29N3O3/c1-2-3-15-31-21-13-11-19(12-14-21)25-27-26(32-28-25)20-16-24(30)29(17-20)23-10-6-8-18-7-4-5-9-22(18)23/h6,8,10-14,20H,2-5,7,9,15-17H2,1H3. The smallest absolute Gasteiger partial charge is 0.232 e. The highest BCUT2D eigenvalue weighted by Crippen LogP contribution is 2.36. The van der Waals surface area contributed by atoms with Gasteiger partial charge in [0, 0.05) is 24.2 Å². The third kappa shape index (κ3) is 4.14. The number of benzene rings is 2. The molecular weight excluding hydrogens is 402 g/mol. The summed E-state index contributed by atoms with van der Waals surface area (Å²) in [6.45, 7) is 3.45. The first-order valence-corrected chi connectivity index (χ1v) is 11.7. The summed E-state index contributed by atoms with van der Waals surface area (Å²) < 4.78 is 11.3. The molecule has 32 heavy (non-hydrogen) atoms. The van der Waals surface area contributed by atoms with Crippen LogP contribution in [0.25, 0.3) is 11.4 Å². The highest BCUT2D eigenvalue weighted by Gasteiger charge is 2.36. The Balaban J connectivity index is 1.30. The van der Waals surface area contributed by atoms with Gasteiger partial charge >= 0.3 is 0 Å². The van der Waals surface area contributed by atoms with E-state index in [9.17, 15) is 4.79 Å². The molecule has 0 N–H and O–H groups in total. The number of hydrogen-bond donors (Lipinski definition) is 0. The van der Waals surface area contributed by atoms with Gasteiger partial charge in [-0.1, -0.05) is 30.6 Å². The Morgan fingerprint density at radius 3 is 2.81 bits per heavy atom. The Bertz CT molecular complexity index is 1090. The molecule has 0 bridgehead atoms. The molecule has 166 valence electrons. The van der Waals surface area contributed by atoms with Crippen LogP contribution in [0, 0.1) is 0 Å². The molecule has 2 heterocycles. The van der Waals surface area contributed by atoms with Crippen LogP contribution >= 0.6 is 0 Å². The summed E-state index contributed by atoms with van der Waals surface area (Å²) >= 11 is 0. The van der Waals surface area contributed by atoms with Crippen LogP contribution in [0.15, 0.2) is 47.0 Å². The van der Waals surface area contributed by atoms with Gasteiger partial charge in [-0.15, -0.1) is 0 Å². The van der Waals surface area contributed by atoms with Crippen LogP contribution in [-0.2, 0) is 17.6 Å². The molecule has 1 aliphatic heterocycles. The Labute approximate surface area is 188 Å². The number of fused-ring (bicyclic) bond motifs is 1. The number of unbranched alkanes of at least 4 members (excludes halogenated alkanes) is 1. The molecule has 1 atom stereocenters. The van der Waals surface area contributed by atoms with Crippen molar-refractivity contribution >= 4 is 11.6 Å². The Kier molecular flexibility index (Phi) is 5.93. The molecule has 6 heteroatoms. The van der Waals surface area contributed by atoms with Gasteiger partial charge in [-0.05, 0) is 73.6 Å². The second-order valence-electron chi connectivity index (χ2n) is 8.71. The van der Waals surface area contributed by atoms with Gasteiger partial charge < -0.3 is 14.2 Å². The maximum absolute atomic E-state index is 12.9. The summed E-state index contributed by atoms with van der Waals surface area (Å²) in [4.78, 5) is 19.4. The number of ether oxygens (including phenoxy) is 1. The van der Waals surface area contributed by atoms with E-state index in [0.717, 1.165) is 49.3 Å². The first kappa shape index (κ1) is 20.7. The molecule has 1 aliphatic carbocycles. The van der Waals surface area contributed by atoms with Gasteiger partial charge in [0.2, 0.25) is 17.6 Å². The lowest BCUT2D eigenvalue weighted by molar-refractivity contribution is -0.117. The molecule has 1 amide bonds. The number of nitrogens with zero attached hydrogens (tertiary/aromatic N) is 3. The van der Waals surface area contributed by atoms with E-state index in [-0.39, 0.29) is 11.8 Å². The van der Waals surface area contributed by atoms with Crippen LogP contribution in [0.3, 0.4) is 0 Å². The fourth-order valence-electron chi connectivity index (χ4n) is 4.67. The lowest BCUT2D eigenvalue weighted by Gasteiger charge is -2.25. The normalized spacial score (nSPS) is 18.1. The van der Waals surface area contributed by atoms with Crippen molar-refractivity contribution in [2.45, 2.75) is 57.8 Å². The number of hydrogen-bond acceptors (Lipinski definition) is 5. The van der Waals surface area contributed by atoms with E-state index in [1.54, 1.807) is 0 Å². The van der Waals surface area contributed by atoms with Crippen LogP contribution in [0.2, 0.25) is 0 Å². The minimum absolute atomic E-state index is 0.0835. The van der Waals surface area contributed by atoms with Crippen molar-refractivity contribution in [3.8, 4) is 17.1 Å². The first-order valence-electron chi connectivity index (χ1n) is 11.7. The second-order valence-corrected chi connectivity index (χ2v) is 8.71. The summed E-state index contributed by atoms with van der Waals surface area (Å²) in [5.41, 5.74) is 4.65. The van der Waals surface area contributed by atoms with Gasteiger partial charge in [-0.2, -0.15) is 4.98 Å². The fourth-order valence-corrected chi connectivity index (χ4v) is 4.67. The number of rotatable bonds is 7. The van der Waals surface area contributed by atoms with E-state index in [4.69, 9.17) is 9.26 Å². The van der Waals surface area contributed by atoms with Gasteiger partial charge in [-0.25, -0.2) is 0 Å². The topological polar surface area (TPSA) is 68.5 Å². The summed E-state index contributed by atoms with van der Waals surface area (Å²) in [7, 11) is 0. The molecule has 1 unspecified atom stereocenters. The van der Waals surface area contributed by atoms with Gasteiger partial charge in [0.05, 0.1) is 12.5 Å². The summed E-state index contributed by atoms with van der Waals surface area (Å²) in [6, 6.07) is 14.1. The maximum Gasteiger partial charge on any atom is 0.232 e. The summed E-state index contributed by atoms with van der Waals surface area (Å²) in [6.07, 6.45) is 7.10. The highest BCUT2D eigenvalue weighted by atomic mass is 16.5. The fraction of sp³-hybridized carbons (Fsp3) is 0.423. The Morgan fingerprint density at radius 1 is 1.12 bits per heavy atom. The lowest BCUT2D eigenvalue weighted by atomic mass is 9.90. The van der Waals surface area contributed by atoms with Crippen molar-refractivity contribution in [2.24, 2.45) is 0 Å². The number of anilines is 1. The third-order valence-corrected chi connectivity index (χ3v) is 6.46. The number of carbonyl (C=O) groups excluding carboxylic acids is 1. The lowest BCUT2D eigenvalue weighted by Crippen LogP contribution is -2.26. The molecule has 1 fully saturated rings. The third-order valence-electron chi connectivity index (χ3n) is 6.46. The molecule has 5 rings (SSSR count). The van der Waals surface area contributed by atoms with Gasteiger partial charge in [-0.3, -0.25) is 4.79 Å². The van der Waals surface area contributed by atoms with Crippen molar-refractivity contribution in [3.63, 3.8) is 0 Å². The maximum atomic E-state index is 12.9. The molecule has 0 saturated carbocycles. The summed E-state index contributed by atoms with van der Waals surface area (Å²) in [5.74, 6) is 1.96. The largest absolute Gasteiger partial charge is 0.494 e. The van der Waals surface area contributed by atoms with E-state index in [1.807, 2.05) is 29.2 Å². The Hall–Kier alpha value is -3.15. The van der Waals surface area contributed by atoms with Crippen molar-refractivity contribution < 1.29 is 14.1 Å². The zero-order valence-corrected chi connectivity index (χ0v) is 18.5. The first-order chi connectivity index (χ1) is 15.7. The zero-order chi connectivity index (χ0) is 21.9. The van der Waals surface area contributed by atoms with Gasteiger partial charge in [0.1, 0.15) is 5.75 Å². The number of aromatic nitrogens is 2. The van der Waals surface area contributed by atoms with Crippen LogP contribution in [0.5, 0.6) is 5.75 Å². The zero-order valence-electron chi connectivity index (χ0n) is 18.5. The van der Waals surface area contributed by atoms with E-state index >= 15 is 0 Å². The van der Waals surface area contributed by atoms with Crippen LogP contribution in [0.1, 0.15) is 62.0 Å². The van der Waals surface area contributed by atoms with E-state index < -0.39 is 0 Å². The predicted molar refractivity (Wildman–Crippen MR) is 123 cm³/mol. The monoisotopic (exact) mass is 431 g/mol. The second kappa shape index (κ2) is 9.15. The van der Waals surface area contributed by atoms with Crippen molar-refractivity contribution in [1.29, 1.82) is 0 Å². The average molecular weight is 432 g/mol. The van der Waals surface area contributed by atoms with Crippen LogP contribution in [0.4, 0.5) is 5.69 Å². The summed E-state index contributed by atoms with van der Waals surface area (Å²) in [5, 5.41) is 4.17. The molecule has 6 nitrogen and oxygen atoms in total. The molecule has 0 radical (unpaired) electrons. The van der Waals surface area contributed by atoms with Crippen molar-refractivity contribution in [3.05, 3.63) is 59.5 Å². The SMILES string of the molecule is CCCCOc1ccc(-c2noc(C3CC(=O)N(c4cccc5c4CCCC5)C3)n2)cc1. The number of carbonyl (C=O) groups is 1. The van der Waals surface area contributed by atoms with E-state index in [1.165, 1.54) is 24.0 Å². The quantitative estimate of drug-likeness (QED) is 0.474.